The number of aromatic amines is 1. The van der Waals surface area contributed by atoms with Crippen LogP contribution in [0.25, 0.3) is 22.5 Å². The van der Waals surface area contributed by atoms with Crippen LogP contribution in [0.3, 0.4) is 0 Å². The van der Waals surface area contributed by atoms with E-state index in [0.717, 1.165) is 35.3 Å². The summed E-state index contributed by atoms with van der Waals surface area (Å²) in [4.78, 5) is 35.0. The zero-order valence-electron chi connectivity index (χ0n) is 20.6. The fourth-order valence-corrected chi connectivity index (χ4v) is 6.07. The number of aromatic nitrogens is 6. The van der Waals surface area contributed by atoms with Gasteiger partial charge in [0.25, 0.3) is 0 Å². The maximum Gasteiger partial charge on any atom is 0.247 e. The SMILES string of the molecule is O=C1CCc2cc(-c3cnc([C@@H]4CC[C@@H]5CC(c6c(-n7cnnn7)ccc(Cl)c6F)=CC(=O)N54)[nH]3)ccc2N1. The largest absolute Gasteiger partial charge is 0.340 e. The highest BCUT2D eigenvalue weighted by Gasteiger charge is 2.42. The Bertz CT molecular complexity index is 1660. The van der Waals surface area contributed by atoms with Crippen LogP contribution in [-0.2, 0) is 16.0 Å². The molecule has 2 amide bonds. The third-order valence-electron chi connectivity index (χ3n) is 7.72. The van der Waals surface area contributed by atoms with E-state index in [9.17, 15) is 9.59 Å². The number of amides is 2. The van der Waals surface area contributed by atoms with Gasteiger partial charge in [-0.25, -0.2) is 9.37 Å². The smallest absolute Gasteiger partial charge is 0.247 e. The summed E-state index contributed by atoms with van der Waals surface area (Å²) in [7, 11) is 0. The highest BCUT2D eigenvalue weighted by atomic mass is 35.5. The van der Waals surface area contributed by atoms with Gasteiger partial charge < -0.3 is 15.2 Å². The quantitative estimate of drug-likeness (QED) is 0.396. The van der Waals surface area contributed by atoms with Crippen LogP contribution in [0.2, 0.25) is 5.02 Å². The first-order valence-corrected chi connectivity index (χ1v) is 13.1. The Balaban J connectivity index is 1.18. The summed E-state index contributed by atoms with van der Waals surface area (Å²) >= 11 is 6.13. The molecule has 3 aliphatic rings. The molecule has 196 valence electrons. The van der Waals surface area contributed by atoms with E-state index in [1.165, 1.54) is 23.2 Å². The fraction of sp³-hybridized carbons (Fsp3) is 0.259. The standard InChI is InChI=1S/C27H22ClFN8O2/c28-18-4-7-21(36-13-31-34-35-36)25(26(18)29)16-10-17-3-6-22(37(17)24(39)11-16)27-30-12-20(33-27)15-1-5-19-14(9-15)2-8-23(38)32-19/h1,4-5,7,9,11-13,17,22H,2-3,6,8,10H2,(H,30,33)(H,32,38)/t17-,22+/m1/s1. The lowest BCUT2D eigenvalue weighted by molar-refractivity contribution is -0.129. The predicted octanol–water partition coefficient (Wildman–Crippen LogP) is 4.25. The highest BCUT2D eigenvalue weighted by molar-refractivity contribution is 6.31. The van der Waals surface area contributed by atoms with E-state index in [0.29, 0.717) is 36.3 Å². The molecule has 2 atom stereocenters. The number of anilines is 1. The molecule has 5 heterocycles. The first-order valence-electron chi connectivity index (χ1n) is 12.7. The zero-order valence-corrected chi connectivity index (χ0v) is 21.3. The molecule has 1 saturated heterocycles. The summed E-state index contributed by atoms with van der Waals surface area (Å²) in [5.74, 6) is -0.0599. The van der Waals surface area contributed by atoms with Crippen LogP contribution in [0, 0.1) is 5.82 Å². The average Bonchev–Trinajstić information content (AvgIpc) is 3.70. The van der Waals surface area contributed by atoms with Crippen molar-refractivity contribution in [3.8, 4) is 16.9 Å². The van der Waals surface area contributed by atoms with Gasteiger partial charge >= 0.3 is 0 Å². The predicted molar refractivity (Wildman–Crippen MR) is 140 cm³/mol. The number of nitrogens with one attached hydrogen (secondary N) is 2. The summed E-state index contributed by atoms with van der Waals surface area (Å²) in [6.45, 7) is 0. The van der Waals surface area contributed by atoms with E-state index in [-0.39, 0.29) is 34.5 Å². The van der Waals surface area contributed by atoms with Gasteiger partial charge in [0.15, 0.2) is 5.82 Å². The van der Waals surface area contributed by atoms with Gasteiger partial charge in [-0.15, -0.1) is 5.10 Å². The normalized spacial score (nSPS) is 20.5. The molecule has 3 aliphatic heterocycles. The molecule has 4 aromatic rings. The van der Waals surface area contributed by atoms with E-state index in [1.54, 1.807) is 12.3 Å². The average molecular weight is 545 g/mol. The Morgan fingerprint density at radius 3 is 2.85 bits per heavy atom. The Labute approximate surface area is 226 Å². The van der Waals surface area contributed by atoms with Crippen molar-refractivity contribution in [2.45, 2.75) is 44.2 Å². The second-order valence-corrected chi connectivity index (χ2v) is 10.4. The minimum Gasteiger partial charge on any atom is -0.340 e. The molecule has 0 saturated carbocycles. The molecule has 0 bridgehead atoms. The van der Waals surface area contributed by atoms with Crippen molar-refractivity contribution in [1.82, 2.24) is 35.1 Å². The number of halogens is 2. The number of aryl methyl sites for hydroxylation is 1. The van der Waals surface area contributed by atoms with E-state index < -0.39 is 5.82 Å². The first kappa shape index (κ1) is 23.7. The molecule has 0 aliphatic carbocycles. The molecule has 0 spiro atoms. The number of carbonyl (C=O) groups excluding carboxylic acids is 2. The number of fused-ring (bicyclic) bond motifs is 2. The number of H-pyrrole nitrogens is 1. The van der Waals surface area contributed by atoms with Crippen LogP contribution < -0.4 is 5.32 Å². The van der Waals surface area contributed by atoms with E-state index in [1.807, 2.05) is 17.0 Å². The van der Waals surface area contributed by atoms with E-state index >= 15 is 4.39 Å². The topological polar surface area (TPSA) is 122 Å². The zero-order chi connectivity index (χ0) is 26.7. The van der Waals surface area contributed by atoms with Gasteiger partial charge in [-0.3, -0.25) is 9.59 Å². The molecule has 0 unspecified atom stereocenters. The van der Waals surface area contributed by atoms with Crippen LogP contribution >= 0.6 is 11.6 Å². The molecule has 7 rings (SSSR count). The number of benzene rings is 2. The van der Waals surface area contributed by atoms with Gasteiger partial charge in [0.2, 0.25) is 11.8 Å². The second kappa shape index (κ2) is 9.12. The van der Waals surface area contributed by atoms with Crippen molar-refractivity contribution in [2.75, 3.05) is 5.32 Å². The second-order valence-electron chi connectivity index (χ2n) is 9.98. The van der Waals surface area contributed by atoms with E-state index in [4.69, 9.17) is 11.6 Å². The number of tetrazole rings is 1. The van der Waals surface area contributed by atoms with Crippen molar-refractivity contribution in [1.29, 1.82) is 0 Å². The molecule has 2 aromatic heterocycles. The molecular formula is C27H22ClFN8O2. The van der Waals surface area contributed by atoms with Gasteiger partial charge in [-0.05, 0) is 77.1 Å². The number of nitrogens with zero attached hydrogens (tertiary/aromatic N) is 6. The molecular weight excluding hydrogens is 523 g/mol. The van der Waals surface area contributed by atoms with Crippen LogP contribution in [0.4, 0.5) is 10.1 Å². The first-order chi connectivity index (χ1) is 19.0. The third kappa shape index (κ3) is 4.00. The van der Waals surface area contributed by atoms with Crippen LogP contribution in [-0.4, -0.2) is 52.9 Å². The van der Waals surface area contributed by atoms with Crippen molar-refractivity contribution >= 4 is 34.7 Å². The number of carbonyl (C=O) groups is 2. The van der Waals surface area contributed by atoms with Gasteiger partial charge in [0, 0.05) is 29.8 Å². The maximum absolute atomic E-state index is 15.3. The van der Waals surface area contributed by atoms with Crippen molar-refractivity contribution < 1.29 is 14.0 Å². The molecule has 2 N–H and O–H groups in total. The molecule has 2 aromatic carbocycles. The maximum atomic E-state index is 15.3. The van der Waals surface area contributed by atoms with Gasteiger partial charge in [0.05, 0.1) is 28.6 Å². The minimum absolute atomic E-state index is 0.0306. The summed E-state index contributed by atoms with van der Waals surface area (Å²) in [6, 6.07) is 8.69. The van der Waals surface area contributed by atoms with Gasteiger partial charge in [-0.2, -0.15) is 4.68 Å². The number of imidazole rings is 1. The number of hydrogen-bond donors (Lipinski definition) is 2. The fourth-order valence-electron chi connectivity index (χ4n) is 5.91. The monoisotopic (exact) mass is 544 g/mol. The Hall–Kier alpha value is -4.38. The summed E-state index contributed by atoms with van der Waals surface area (Å²) in [5.41, 5.74) is 4.96. The lowest BCUT2D eigenvalue weighted by atomic mass is 9.92. The van der Waals surface area contributed by atoms with Crippen LogP contribution in [0.15, 0.2) is 48.9 Å². The summed E-state index contributed by atoms with van der Waals surface area (Å²) < 4.78 is 16.7. The summed E-state index contributed by atoms with van der Waals surface area (Å²) in [6.07, 6.45) is 7.77. The minimum atomic E-state index is -0.605. The van der Waals surface area contributed by atoms with Crippen LogP contribution in [0.5, 0.6) is 0 Å². The lowest BCUT2D eigenvalue weighted by Gasteiger charge is -2.33. The van der Waals surface area contributed by atoms with Crippen molar-refractivity contribution in [3.05, 3.63) is 76.7 Å². The lowest BCUT2D eigenvalue weighted by Crippen LogP contribution is -2.39. The van der Waals surface area contributed by atoms with Gasteiger partial charge in [0.1, 0.15) is 12.2 Å². The Kier molecular flexibility index (Phi) is 5.55. The van der Waals surface area contributed by atoms with Crippen LogP contribution in [0.1, 0.15) is 48.7 Å². The van der Waals surface area contributed by atoms with Crippen molar-refractivity contribution in [3.63, 3.8) is 0 Å². The number of hydrogen-bond acceptors (Lipinski definition) is 6. The number of rotatable bonds is 4. The molecule has 10 nitrogen and oxygen atoms in total. The molecule has 1 fully saturated rings. The van der Waals surface area contributed by atoms with Gasteiger partial charge in [-0.1, -0.05) is 17.7 Å². The molecule has 39 heavy (non-hydrogen) atoms. The van der Waals surface area contributed by atoms with E-state index in [2.05, 4.69) is 36.9 Å². The Morgan fingerprint density at radius 1 is 1.10 bits per heavy atom. The third-order valence-corrected chi connectivity index (χ3v) is 8.01. The highest BCUT2D eigenvalue weighted by Crippen LogP contribution is 2.44. The van der Waals surface area contributed by atoms with Crippen molar-refractivity contribution in [2.24, 2.45) is 0 Å². The molecule has 0 radical (unpaired) electrons. The summed E-state index contributed by atoms with van der Waals surface area (Å²) in [5, 5.41) is 14.1. The molecule has 12 heteroatoms. The Morgan fingerprint density at radius 2 is 2.00 bits per heavy atom.